The third-order valence-corrected chi connectivity index (χ3v) is 2.22. The van der Waals surface area contributed by atoms with E-state index < -0.39 is 11.6 Å². The van der Waals surface area contributed by atoms with Crippen molar-refractivity contribution in [3.63, 3.8) is 0 Å². The topological polar surface area (TPSA) is 59.1 Å². The second-order valence-electron chi connectivity index (χ2n) is 3.09. The monoisotopic (exact) mass is 172 g/mol. The van der Waals surface area contributed by atoms with Gasteiger partial charge in [0.1, 0.15) is 11.1 Å². The van der Waals surface area contributed by atoms with Crippen LogP contribution in [0.3, 0.4) is 0 Å². The van der Waals surface area contributed by atoms with Crippen molar-refractivity contribution in [1.82, 2.24) is 4.98 Å². The molecule has 62 valence electrons. The van der Waals surface area contributed by atoms with Crippen LogP contribution in [0.4, 0.5) is 0 Å². The highest BCUT2D eigenvalue weighted by atomic mass is 32.1. The Morgan fingerprint density at radius 1 is 1.73 bits per heavy atom. The summed E-state index contributed by atoms with van der Waals surface area (Å²) in [6.07, 6.45) is 0.997. The van der Waals surface area contributed by atoms with Gasteiger partial charge in [-0.05, 0) is 13.8 Å². The standard InChI is InChI=1S/C7H12N2OS/c1-7(2,8)5(10)6-9-3-4-11-6/h3-5,10H,8H2,1-2H3. The zero-order valence-corrected chi connectivity index (χ0v) is 7.43. The molecule has 0 aliphatic rings. The Labute approximate surface area is 69.9 Å². The smallest absolute Gasteiger partial charge is 0.123 e. The van der Waals surface area contributed by atoms with E-state index in [4.69, 9.17) is 5.73 Å². The quantitative estimate of drug-likeness (QED) is 0.697. The van der Waals surface area contributed by atoms with Gasteiger partial charge in [0.15, 0.2) is 0 Å². The number of nitrogens with zero attached hydrogens (tertiary/aromatic N) is 1. The van der Waals surface area contributed by atoms with Crippen LogP contribution in [-0.4, -0.2) is 15.6 Å². The zero-order chi connectivity index (χ0) is 8.48. The number of aromatic nitrogens is 1. The van der Waals surface area contributed by atoms with Crippen LogP contribution in [0.15, 0.2) is 11.6 Å². The minimum absolute atomic E-state index is 0.613. The van der Waals surface area contributed by atoms with Gasteiger partial charge in [-0.2, -0.15) is 0 Å². The van der Waals surface area contributed by atoms with Gasteiger partial charge >= 0.3 is 0 Å². The maximum atomic E-state index is 9.57. The lowest BCUT2D eigenvalue weighted by atomic mass is 10.00. The van der Waals surface area contributed by atoms with Gasteiger partial charge in [0.25, 0.3) is 0 Å². The van der Waals surface area contributed by atoms with Gasteiger partial charge in [0.05, 0.1) is 0 Å². The summed E-state index contributed by atoms with van der Waals surface area (Å²) in [4.78, 5) is 3.97. The number of aliphatic hydroxyl groups is 1. The first-order valence-corrected chi connectivity index (χ1v) is 4.26. The summed E-state index contributed by atoms with van der Waals surface area (Å²) in [5.41, 5.74) is 5.07. The summed E-state index contributed by atoms with van der Waals surface area (Å²) in [7, 11) is 0. The Hall–Kier alpha value is -0.450. The van der Waals surface area contributed by atoms with Gasteiger partial charge in [0, 0.05) is 17.1 Å². The summed E-state index contributed by atoms with van der Waals surface area (Å²) < 4.78 is 0. The molecule has 1 atom stereocenters. The first-order valence-electron chi connectivity index (χ1n) is 3.38. The maximum absolute atomic E-state index is 9.57. The predicted octanol–water partition coefficient (Wildman–Crippen LogP) is 0.914. The molecule has 1 aromatic heterocycles. The molecular formula is C7H12N2OS. The molecule has 3 N–H and O–H groups in total. The molecule has 1 heterocycles. The van der Waals surface area contributed by atoms with E-state index in [0.717, 1.165) is 0 Å². The second-order valence-corrected chi connectivity index (χ2v) is 4.02. The third kappa shape index (κ3) is 1.99. The van der Waals surface area contributed by atoms with Gasteiger partial charge in [-0.25, -0.2) is 4.98 Å². The van der Waals surface area contributed by atoms with E-state index in [1.54, 1.807) is 20.0 Å². The minimum atomic E-state index is -0.664. The molecule has 1 aromatic rings. The van der Waals surface area contributed by atoms with Crippen LogP contribution in [0, 0.1) is 0 Å². The first-order chi connectivity index (χ1) is 5.02. The van der Waals surface area contributed by atoms with Crippen molar-refractivity contribution in [2.75, 3.05) is 0 Å². The van der Waals surface area contributed by atoms with Crippen LogP contribution in [0.5, 0.6) is 0 Å². The minimum Gasteiger partial charge on any atom is -0.384 e. The van der Waals surface area contributed by atoms with E-state index in [1.165, 1.54) is 11.3 Å². The van der Waals surface area contributed by atoms with Crippen LogP contribution < -0.4 is 5.73 Å². The van der Waals surface area contributed by atoms with Crippen molar-refractivity contribution in [2.24, 2.45) is 5.73 Å². The fourth-order valence-electron chi connectivity index (χ4n) is 0.688. The van der Waals surface area contributed by atoms with Crippen molar-refractivity contribution in [1.29, 1.82) is 0 Å². The number of thiazole rings is 1. The summed E-state index contributed by atoms with van der Waals surface area (Å²) in [5.74, 6) is 0. The molecule has 4 heteroatoms. The number of nitrogens with two attached hydrogens (primary N) is 1. The molecule has 3 nitrogen and oxygen atoms in total. The van der Waals surface area contributed by atoms with Gasteiger partial charge in [-0.15, -0.1) is 11.3 Å². The van der Waals surface area contributed by atoms with Gasteiger partial charge in [-0.3, -0.25) is 0 Å². The number of rotatable bonds is 2. The zero-order valence-electron chi connectivity index (χ0n) is 6.61. The molecule has 0 aliphatic carbocycles. The Balaban J connectivity index is 2.78. The lowest BCUT2D eigenvalue weighted by Gasteiger charge is -2.23. The molecule has 11 heavy (non-hydrogen) atoms. The number of hydrogen-bond acceptors (Lipinski definition) is 4. The Morgan fingerprint density at radius 3 is 2.73 bits per heavy atom. The molecule has 0 aliphatic heterocycles. The Morgan fingerprint density at radius 2 is 2.36 bits per heavy atom. The van der Waals surface area contributed by atoms with Crippen LogP contribution in [-0.2, 0) is 0 Å². The fraction of sp³-hybridized carbons (Fsp3) is 0.571. The van der Waals surface area contributed by atoms with Crippen LogP contribution in [0.2, 0.25) is 0 Å². The highest BCUT2D eigenvalue weighted by molar-refractivity contribution is 7.09. The van der Waals surface area contributed by atoms with Crippen molar-refractivity contribution < 1.29 is 5.11 Å². The summed E-state index contributed by atoms with van der Waals surface area (Å²) in [5, 5.41) is 12.1. The van der Waals surface area contributed by atoms with E-state index in [-0.39, 0.29) is 0 Å². The molecule has 0 fully saturated rings. The molecule has 0 saturated carbocycles. The fourth-order valence-corrected chi connectivity index (χ4v) is 1.50. The van der Waals surface area contributed by atoms with Crippen molar-refractivity contribution >= 4 is 11.3 Å². The third-order valence-electron chi connectivity index (χ3n) is 1.39. The van der Waals surface area contributed by atoms with Gasteiger partial charge < -0.3 is 10.8 Å². The molecule has 1 rings (SSSR count). The Kier molecular flexibility index (Phi) is 2.27. The summed E-state index contributed by atoms with van der Waals surface area (Å²) >= 11 is 1.42. The average Bonchev–Trinajstić information content (AvgIpc) is 2.34. The summed E-state index contributed by atoms with van der Waals surface area (Å²) in [6.45, 7) is 3.55. The van der Waals surface area contributed by atoms with Gasteiger partial charge in [0.2, 0.25) is 0 Å². The summed E-state index contributed by atoms with van der Waals surface area (Å²) in [6, 6.07) is 0. The van der Waals surface area contributed by atoms with Crippen LogP contribution in [0.25, 0.3) is 0 Å². The van der Waals surface area contributed by atoms with Crippen molar-refractivity contribution in [3.8, 4) is 0 Å². The van der Waals surface area contributed by atoms with Crippen LogP contribution >= 0.6 is 11.3 Å². The van der Waals surface area contributed by atoms with Crippen molar-refractivity contribution in [3.05, 3.63) is 16.6 Å². The molecular weight excluding hydrogens is 160 g/mol. The average molecular weight is 172 g/mol. The lowest BCUT2D eigenvalue weighted by Crippen LogP contribution is -2.39. The molecule has 0 bridgehead atoms. The predicted molar refractivity (Wildman–Crippen MR) is 45.3 cm³/mol. The van der Waals surface area contributed by atoms with Gasteiger partial charge in [-0.1, -0.05) is 0 Å². The normalized spacial score (nSPS) is 14.9. The van der Waals surface area contributed by atoms with E-state index in [2.05, 4.69) is 4.98 Å². The number of aliphatic hydroxyl groups excluding tert-OH is 1. The molecule has 0 amide bonds. The SMILES string of the molecule is CC(C)(N)C(O)c1nccs1. The lowest BCUT2D eigenvalue weighted by molar-refractivity contribution is 0.104. The maximum Gasteiger partial charge on any atom is 0.123 e. The molecule has 1 unspecified atom stereocenters. The first kappa shape index (κ1) is 8.64. The molecule has 0 radical (unpaired) electrons. The van der Waals surface area contributed by atoms with E-state index in [0.29, 0.717) is 5.01 Å². The molecule has 0 spiro atoms. The largest absolute Gasteiger partial charge is 0.384 e. The number of hydrogen-bond donors (Lipinski definition) is 2. The van der Waals surface area contributed by atoms with Crippen LogP contribution in [0.1, 0.15) is 25.0 Å². The highest BCUT2D eigenvalue weighted by Crippen LogP contribution is 2.24. The van der Waals surface area contributed by atoms with E-state index >= 15 is 0 Å². The Bertz CT molecular complexity index is 215. The van der Waals surface area contributed by atoms with E-state index in [9.17, 15) is 5.11 Å². The van der Waals surface area contributed by atoms with E-state index in [1.807, 2.05) is 5.38 Å². The highest BCUT2D eigenvalue weighted by Gasteiger charge is 2.25. The molecule has 0 aromatic carbocycles. The molecule has 0 saturated heterocycles. The second kappa shape index (κ2) is 2.89. The van der Waals surface area contributed by atoms with Crippen molar-refractivity contribution in [2.45, 2.75) is 25.5 Å².